The van der Waals surface area contributed by atoms with Gasteiger partial charge < -0.3 is 10.6 Å². The van der Waals surface area contributed by atoms with Gasteiger partial charge in [0.05, 0.1) is 0 Å². The molecule has 0 unspecified atom stereocenters. The van der Waals surface area contributed by atoms with Crippen LogP contribution in [0.15, 0.2) is 42.5 Å². The van der Waals surface area contributed by atoms with E-state index in [1.54, 1.807) is 6.07 Å². The summed E-state index contributed by atoms with van der Waals surface area (Å²) in [5, 5.41) is 0. The van der Waals surface area contributed by atoms with Gasteiger partial charge in [0.2, 0.25) is 0 Å². The topological polar surface area (TPSA) is 29.3 Å². The van der Waals surface area contributed by atoms with E-state index in [1.807, 2.05) is 18.0 Å². The van der Waals surface area contributed by atoms with Gasteiger partial charge in [-0.3, -0.25) is 0 Å². The van der Waals surface area contributed by atoms with Crippen LogP contribution >= 0.6 is 0 Å². The van der Waals surface area contributed by atoms with Crippen LogP contribution in [0.2, 0.25) is 0 Å². The largest absolute Gasteiger partial charge is 0.370 e. The van der Waals surface area contributed by atoms with Gasteiger partial charge in [-0.2, -0.15) is 0 Å². The van der Waals surface area contributed by atoms with Gasteiger partial charge in [0.25, 0.3) is 0 Å². The molecule has 2 aromatic carbocycles. The monoisotopic (exact) mass is 272 g/mol. The Balaban J connectivity index is 2.15. The lowest BCUT2D eigenvalue weighted by Gasteiger charge is -2.20. The van der Waals surface area contributed by atoms with Crippen molar-refractivity contribution in [3.63, 3.8) is 0 Å². The fourth-order valence-electron chi connectivity index (χ4n) is 2.21. The lowest BCUT2D eigenvalue weighted by Crippen LogP contribution is -2.17. The molecule has 0 radical (unpaired) electrons. The van der Waals surface area contributed by atoms with Gasteiger partial charge in [-0.1, -0.05) is 25.1 Å². The summed E-state index contributed by atoms with van der Waals surface area (Å²) in [5.41, 5.74) is 9.62. The summed E-state index contributed by atoms with van der Waals surface area (Å²) in [6, 6.07) is 13.4. The summed E-state index contributed by atoms with van der Waals surface area (Å²) >= 11 is 0. The molecular weight excluding hydrogens is 251 g/mol. The molecule has 0 saturated heterocycles. The molecule has 0 spiro atoms. The second-order valence-electron chi connectivity index (χ2n) is 5.01. The molecule has 2 rings (SSSR count). The van der Waals surface area contributed by atoms with Gasteiger partial charge in [0.1, 0.15) is 5.82 Å². The lowest BCUT2D eigenvalue weighted by atomic mass is 10.1. The molecule has 0 aliphatic heterocycles. The average molecular weight is 272 g/mol. The van der Waals surface area contributed by atoms with E-state index >= 15 is 0 Å². The first-order valence-electron chi connectivity index (χ1n) is 6.91. The Labute approximate surface area is 120 Å². The van der Waals surface area contributed by atoms with Crippen LogP contribution in [0.1, 0.15) is 23.6 Å². The van der Waals surface area contributed by atoms with Gasteiger partial charge >= 0.3 is 0 Å². The molecule has 20 heavy (non-hydrogen) atoms. The lowest BCUT2D eigenvalue weighted by molar-refractivity contribution is 0.607. The summed E-state index contributed by atoms with van der Waals surface area (Å²) in [6.45, 7) is 3.10. The predicted octanol–water partition coefficient (Wildman–Crippen LogP) is 3.48. The molecule has 0 aliphatic carbocycles. The van der Waals surface area contributed by atoms with Crippen molar-refractivity contribution in [3.05, 3.63) is 65.0 Å². The highest BCUT2D eigenvalue weighted by Gasteiger charge is 2.07. The minimum atomic E-state index is -0.181. The summed E-state index contributed by atoms with van der Waals surface area (Å²) in [4.78, 5) is 2.04. The first-order chi connectivity index (χ1) is 9.63. The number of anilines is 1. The zero-order valence-corrected chi connectivity index (χ0v) is 12.1. The van der Waals surface area contributed by atoms with Crippen LogP contribution in [0.5, 0.6) is 0 Å². The summed E-state index contributed by atoms with van der Waals surface area (Å²) in [6.07, 6.45) is 1.02. The highest BCUT2D eigenvalue weighted by molar-refractivity contribution is 5.47. The number of benzene rings is 2. The van der Waals surface area contributed by atoms with Crippen molar-refractivity contribution in [3.8, 4) is 0 Å². The molecule has 0 heterocycles. The molecule has 2 N–H and O–H groups in total. The van der Waals surface area contributed by atoms with Crippen molar-refractivity contribution in [2.75, 3.05) is 11.9 Å². The van der Waals surface area contributed by atoms with Crippen molar-refractivity contribution in [1.29, 1.82) is 0 Å². The van der Waals surface area contributed by atoms with Crippen molar-refractivity contribution in [2.24, 2.45) is 5.73 Å². The Hall–Kier alpha value is -1.87. The number of aryl methyl sites for hydroxylation is 1. The van der Waals surface area contributed by atoms with Crippen LogP contribution < -0.4 is 10.6 Å². The summed E-state index contributed by atoms with van der Waals surface area (Å²) < 4.78 is 13.8. The second kappa shape index (κ2) is 6.53. The van der Waals surface area contributed by atoms with Crippen LogP contribution in [0, 0.1) is 5.82 Å². The van der Waals surface area contributed by atoms with E-state index in [4.69, 9.17) is 5.73 Å². The molecule has 106 valence electrons. The van der Waals surface area contributed by atoms with Crippen LogP contribution in [0.4, 0.5) is 10.1 Å². The molecule has 2 nitrogen and oxygen atoms in total. The minimum absolute atomic E-state index is 0.181. The van der Waals surface area contributed by atoms with E-state index in [2.05, 4.69) is 31.2 Å². The van der Waals surface area contributed by atoms with Crippen LogP contribution in [0.3, 0.4) is 0 Å². The van der Waals surface area contributed by atoms with Gasteiger partial charge in [-0.25, -0.2) is 4.39 Å². The smallest absolute Gasteiger partial charge is 0.128 e. The Morgan fingerprint density at radius 1 is 1.05 bits per heavy atom. The zero-order chi connectivity index (χ0) is 14.5. The first-order valence-corrected chi connectivity index (χ1v) is 6.91. The van der Waals surface area contributed by atoms with Gasteiger partial charge in [0, 0.05) is 31.4 Å². The number of hydrogen-bond donors (Lipinski definition) is 1. The van der Waals surface area contributed by atoms with Gasteiger partial charge in [-0.05, 0) is 41.8 Å². The van der Waals surface area contributed by atoms with Crippen molar-refractivity contribution in [1.82, 2.24) is 0 Å². The molecule has 0 fully saturated rings. The highest BCUT2D eigenvalue weighted by atomic mass is 19.1. The van der Waals surface area contributed by atoms with Crippen molar-refractivity contribution >= 4 is 5.69 Å². The quantitative estimate of drug-likeness (QED) is 0.903. The molecule has 2 aromatic rings. The number of nitrogens with zero attached hydrogens (tertiary/aromatic N) is 1. The Bertz CT molecular complexity index is 564. The number of hydrogen-bond acceptors (Lipinski definition) is 2. The molecular formula is C17H21FN2. The van der Waals surface area contributed by atoms with Crippen LogP contribution in [-0.2, 0) is 19.5 Å². The third-order valence-corrected chi connectivity index (χ3v) is 3.54. The third kappa shape index (κ3) is 3.36. The highest BCUT2D eigenvalue weighted by Crippen LogP contribution is 2.19. The van der Waals surface area contributed by atoms with E-state index < -0.39 is 0 Å². The predicted molar refractivity (Wildman–Crippen MR) is 82.2 cm³/mol. The number of halogens is 1. The second-order valence-corrected chi connectivity index (χ2v) is 5.01. The maximum Gasteiger partial charge on any atom is 0.128 e. The van der Waals surface area contributed by atoms with E-state index in [1.165, 1.54) is 11.6 Å². The van der Waals surface area contributed by atoms with Crippen molar-refractivity contribution < 1.29 is 4.39 Å². The molecule has 0 aliphatic rings. The van der Waals surface area contributed by atoms with Gasteiger partial charge in [-0.15, -0.1) is 0 Å². The molecule has 0 atom stereocenters. The molecule has 0 bridgehead atoms. The minimum Gasteiger partial charge on any atom is -0.370 e. The van der Waals surface area contributed by atoms with E-state index in [0.717, 1.165) is 17.7 Å². The third-order valence-electron chi connectivity index (χ3n) is 3.54. The standard InChI is InChI=1S/C17H21FN2/c1-3-13-4-7-16(8-5-13)20(2)12-15-10-14(11-19)6-9-17(15)18/h4-10H,3,11-12,19H2,1-2H3. The Kier molecular flexibility index (Phi) is 4.74. The van der Waals surface area contributed by atoms with Crippen LogP contribution in [-0.4, -0.2) is 7.05 Å². The van der Waals surface area contributed by atoms with Crippen LogP contribution in [0.25, 0.3) is 0 Å². The van der Waals surface area contributed by atoms with E-state index in [-0.39, 0.29) is 5.82 Å². The normalized spacial score (nSPS) is 10.6. The maximum atomic E-state index is 13.8. The maximum absolute atomic E-state index is 13.8. The summed E-state index contributed by atoms with van der Waals surface area (Å²) in [5.74, 6) is -0.181. The van der Waals surface area contributed by atoms with E-state index in [9.17, 15) is 4.39 Å². The fourth-order valence-corrected chi connectivity index (χ4v) is 2.21. The average Bonchev–Trinajstić information content (AvgIpc) is 2.49. The molecule has 3 heteroatoms. The zero-order valence-electron chi connectivity index (χ0n) is 12.1. The van der Waals surface area contributed by atoms with E-state index in [0.29, 0.717) is 18.7 Å². The van der Waals surface area contributed by atoms with Gasteiger partial charge in [0.15, 0.2) is 0 Å². The Morgan fingerprint density at radius 3 is 2.30 bits per heavy atom. The molecule has 0 saturated carbocycles. The number of rotatable bonds is 5. The SMILES string of the molecule is CCc1ccc(N(C)Cc2cc(CN)ccc2F)cc1. The number of nitrogens with two attached hydrogens (primary N) is 1. The fraction of sp³-hybridized carbons (Fsp3) is 0.294. The Morgan fingerprint density at radius 2 is 1.70 bits per heavy atom. The summed E-state index contributed by atoms with van der Waals surface area (Å²) in [7, 11) is 1.97. The first kappa shape index (κ1) is 14.5. The van der Waals surface area contributed by atoms with Crippen molar-refractivity contribution in [2.45, 2.75) is 26.4 Å². The molecule has 0 amide bonds. The molecule has 0 aromatic heterocycles.